The van der Waals surface area contributed by atoms with Gasteiger partial charge in [-0.05, 0) is 18.1 Å². The van der Waals surface area contributed by atoms with E-state index >= 15 is 0 Å². The molecule has 0 fully saturated rings. The van der Waals surface area contributed by atoms with E-state index in [2.05, 4.69) is 6.92 Å². The lowest BCUT2D eigenvalue weighted by atomic mass is 10.1. The molecule has 0 bridgehead atoms. The number of nitrogens with zero attached hydrogens (tertiary/aromatic N) is 1. The molecule has 0 saturated carbocycles. The van der Waals surface area contributed by atoms with Gasteiger partial charge in [0.05, 0.1) is 6.54 Å². The molecule has 0 aromatic carbocycles. The Morgan fingerprint density at radius 1 is 1.50 bits per heavy atom. The molecule has 2 N–H and O–H groups in total. The first kappa shape index (κ1) is 11.2. The lowest BCUT2D eigenvalue weighted by Crippen LogP contribution is -2.09. The van der Waals surface area contributed by atoms with Crippen LogP contribution in [0.4, 0.5) is 8.78 Å². The van der Waals surface area contributed by atoms with E-state index < -0.39 is 6.43 Å². The maximum absolute atomic E-state index is 12.0. The van der Waals surface area contributed by atoms with Crippen LogP contribution in [0.15, 0.2) is 18.5 Å². The molecule has 1 heterocycles. The van der Waals surface area contributed by atoms with Gasteiger partial charge in [-0.2, -0.15) is 0 Å². The van der Waals surface area contributed by atoms with E-state index in [0.717, 1.165) is 18.4 Å². The first-order valence-electron chi connectivity index (χ1n) is 4.83. The van der Waals surface area contributed by atoms with Gasteiger partial charge in [-0.15, -0.1) is 0 Å². The molecule has 0 amide bonds. The fraction of sp³-hybridized carbons (Fsp3) is 0.600. The van der Waals surface area contributed by atoms with Crippen molar-refractivity contribution in [2.45, 2.75) is 38.8 Å². The zero-order valence-electron chi connectivity index (χ0n) is 8.29. The van der Waals surface area contributed by atoms with E-state index in [9.17, 15) is 8.78 Å². The summed E-state index contributed by atoms with van der Waals surface area (Å²) < 4.78 is 25.5. The van der Waals surface area contributed by atoms with Crippen molar-refractivity contribution in [3.63, 3.8) is 0 Å². The van der Waals surface area contributed by atoms with Gasteiger partial charge < -0.3 is 10.3 Å². The number of hydrogen-bond acceptors (Lipinski definition) is 1. The number of aromatic nitrogens is 1. The minimum absolute atomic E-state index is 0.0288. The molecule has 0 saturated heterocycles. The second kappa shape index (κ2) is 5.10. The van der Waals surface area contributed by atoms with Gasteiger partial charge >= 0.3 is 0 Å². The quantitative estimate of drug-likeness (QED) is 0.781. The highest BCUT2D eigenvalue weighted by molar-refractivity contribution is 5.14. The zero-order chi connectivity index (χ0) is 10.6. The summed E-state index contributed by atoms with van der Waals surface area (Å²) >= 11 is 0. The minimum Gasteiger partial charge on any atom is -0.348 e. The van der Waals surface area contributed by atoms with E-state index in [1.807, 2.05) is 6.07 Å². The van der Waals surface area contributed by atoms with Gasteiger partial charge in [0.2, 0.25) is 0 Å². The van der Waals surface area contributed by atoms with Gasteiger partial charge in [-0.1, -0.05) is 13.3 Å². The van der Waals surface area contributed by atoms with Crippen molar-refractivity contribution in [3.05, 3.63) is 24.0 Å². The first-order chi connectivity index (χ1) is 6.63. The second-order valence-corrected chi connectivity index (χ2v) is 3.43. The Morgan fingerprint density at radius 3 is 2.79 bits per heavy atom. The molecule has 0 aliphatic heterocycles. The Balaban J connectivity index is 2.58. The van der Waals surface area contributed by atoms with Crippen LogP contribution >= 0.6 is 0 Å². The average molecular weight is 202 g/mol. The van der Waals surface area contributed by atoms with Crippen molar-refractivity contribution >= 4 is 0 Å². The first-order valence-corrected chi connectivity index (χ1v) is 4.83. The van der Waals surface area contributed by atoms with Crippen molar-refractivity contribution in [2.75, 3.05) is 0 Å². The average Bonchev–Trinajstić information content (AvgIpc) is 2.52. The molecule has 2 nitrogen and oxygen atoms in total. The largest absolute Gasteiger partial charge is 0.348 e. The van der Waals surface area contributed by atoms with Crippen LogP contribution in [0, 0.1) is 0 Å². The molecular weight excluding hydrogens is 186 g/mol. The van der Waals surface area contributed by atoms with Gasteiger partial charge in [-0.25, -0.2) is 8.78 Å². The molecule has 1 unspecified atom stereocenters. The normalized spacial score (nSPS) is 13.5. The van der Waals surface area contributed by atoms with Crippen molar-refractivity contribution in [1.82, 2.24) is 4.57 Å². The summed E-state index contributed by atoms with van der Waals surface area (Å²) in [6.07, 6.45) is 2.93. The van der Waals surface area contributed by atoms with Crippen molar-refractivity contribution in [2.24, 2.45) is 5.73 Å². The Hall–Kier alpha value is -0.900. The summed E-state index contributed by atoms with van der Waals surface area (Å²) in [5, 5.41) is 0. The Morgan fingerprint density at radius 2 is 2.21 bits per heavy atom. The summed E-state index contributed by atoms with van der Waals surface area (Å²) in [4.78, 5) is 0. The predicted octanol–water partition coefficient (Wildman–Crippen LogP) is 2.55. The van der Waals surface area contributed by atoms with Crippen LogP contribution in [0.1, 0.15) is 31.4 Å². The summed E-state index contributed by atoms with van der Waals surface area (Å²) in [5.74, 6) is 0. The van der Waals surface area contributed by atoms with Crippen molar-refractivity contribution in [1.29, 1.82) is 0 Å². The van der Waals surface area contributed by atoms with Crippen molar-refractivity contribution < 1.29 is 8.78 Å². The number of nitrogens with two attached hydrogens (primary N) is 1. The third kappa shape index (κ3) is 3.10. The number of rotatable bonds is 5. The maximum atomic E-state index is 12.0. The fourth-order valence-corrected chi connectivity index (χ4v) is 1.43. The van der Waals surface area contributed by atoms with Crippen LogP contribution in [0.5, 0.6) is 0 Å². The van der Waals surface area contributed by atoms with Crippen LogP contribution < -0.4 is 5.73 Å². The number of alkyl halides is 2. The summed E-state index contributed by atoms with van der Waals surface area (Å²) in [6.45, 7) is 1.80. The Kier molecular flexibility index (Phi) is 4.07. The third-order valence-corrected chi connectivity index (χ3v) is 2.15. The molecule has 0 aliphatic carbocycles. The van der Waals surface area contributed by atoms with Crippen LogP contribution in [0.25, 0.3) is 0 Å². The van der Waals surface area contributed by atoms with Gasteiger partial charge in [-0.3, -0.25) is 0 Å². The van der Waals surface area contributed by atoms with Crippen LogP contribution in [0.2, 0.25) is 0 Å². The molecule has 1 atom stereocenters. The standard InChI is InChI=1S/C10H16F2N2/c1-2-3-9(13)8-4-5-14(6-8)7-10(11)12/h4-6,9-10H,2-3,7,13H2,1H3. The van der Waals surface area contributed by atoms with Gasteiger partial charge in [0.15, 0.2) is 0 Å². The maximum Gasteiger partial charge on any atom is 0.256 e. The highest BCUT2D eigenvalue weighted by Gasteiger charge is 2.08. The zero-order valence-corrected chi connectivity index (χ0v) is 8.29. The smallest absolute Gasteiger partial charge is 0.256 e. The lowest BCUT2D eigenvalue weighted by Gasteiger charge is -2.07. The van der Waals surface area contributed by atoms with E-state index in [1.165, 1.54) is 4.57 Å². The summed E-state index contributed by atoms with van der Waals surface area (Å²) in [5.41, 5.74) is 6.79. The van der Waals surface area contributed by atoms with Gasteiger partial charge in [0, 0.05) is 18.4 Å². The van der Waals surface area contributed by atoms with E-state index in [1.54, 1.807) is 12.4 Å². The molecule has 1 aromatic heterocycles. The van der Waals surface area contributed by atoms with Gasteiger partial charge in [0.1, 0.15) is 0 Å². The molecule has 80 valence electrons. The molecule has 1 rings (SSSR count). The van der Waals surface area contributed by atoms with Gasteiger partial charge in [0.25, 0.3) is 6.43 Å². The van der Waals surface area contributed by atoms with E-state index in [-0.39, 0.29) is 12.6 Å². The monoisotopic (exact) mass is 202 g/mol. The number of halogens is 2. The third-order valence-electron chi connectivity index (χ3n) is 2.15. The molecule has 0 spiro atoms. The minimum atomic E-state index is -2.31. The molecule has 4 heteroatoms. The Bertz CT molecular complexity index is 271. The van der Waals surface area contributed by atoms with Crippen LogP contribution in [-0.4, -0.2) is 11.0 Å². The topological polar surface area (TPSA) is 30.9 Å². The molecule has 14 heavy (non-hydrogen) atoms. The Labute approximate surface area is 82.7 Å². The molecule has 0 aliphatic rings. The van der Waals surface area contributed by atoms with Crippen LogP contribution in [0.3, 0.4) is 0 Å². The highest BCUT2D eigenvalue weighted by Crippen LogP contribution is 2.16. The second-order valence-electron chi connectivity index (χ2n) is 3.43. The summed E-state index contributed by atoms with van der Waals surface area (Å²) in [6, 6.07) is 1.78. The van der Waals surface area contributed by atoms with Crippen LogP contribution in [-0.2, 0) is 6.54 Å². The lowest BCUT2D eigenvalue weighted by molar-refractivity contribution is 0.126. The number of hydrogen-bond donors (Lipinski definition) is 1. The van der Waals surface area contributed by atoms with E-state index in [0.29, 0.717) is 0 Å². The van der Waals surface area contributed by atoms with Crippen molar-refractivity contribution in [3.8, 4) is 0 Å². The molecular formula is C10H16F2N2. The van der Waals surface area contributed by atoms with E-state index in [4.69, 9.17) is 5.73 Å². The predicted molar refractivity (Wildman–Crippen MR) is 52.3 cm³/mol. The SMILES string of the molecule is CCCC(N)c1ccn(CC(F)F)c1. The highest BCUT2D eigenvalue weighted by atomic mass is 19.3. The molecule has 1 aromatic rings. The fourth-order valence-electron chi connectivity index (χ4n) is 1.43. The summed E-state index contributed by atoms with van der Waals surface area (Å²) in [7, 11) is 0. The molecule has 0 radical (unpaired) electrons.